The molecule has 0 unspecified atom stereocenters. The second-order valence-corrected chi connectivity index (χ2v) is 4.02. The molecule has 1 aromatic carbocycles. The van der Waals surface area contributed by atoms with Crippen LogP contribution in [0.25, 0.3) is 0 Å². The molecule has 17 heavy (non-hydrogen) atoms. The van der Waals surface area contributed by atoms with Crippen molar-refractivity contribution >= 4 is 0 Å². The maximum Gasteiger partial charge on any atom is 0.200 e. The monoisotopic (exact) mass is 243 g/mol. The molecule has 1 saturated heterocycles. The summed E-state index contributed by atoms with van der Waals surface area (Å²) in [6, 6.07) is 3.92. The third-order valence-corrected chi connectivity index (χ3v) is 2.84. The number of hydrogen-bond acceptors (Lipinski definition) is 3. The summed E-state index contributed by atoms with van der Waals surface area (Å²) in [4.78, 5) is 2.13. The first kappa shape index (κ1) is 12.3. The number of benzene rings is 1. The van der Waals surface area contributed by atoms with Crippen molar-refractivity contribution < 1.29 is 18.3 Å². The zero-order valence-corrected chi connectivity index (χ0v) is 9.66. The van der Waals surface area contributed by atoms with Crippen molar-refractivity contribution in [3.05, 3.63) is 29.8 Å². The highest BCUT2D eigenvalue weighted by Crippen LogP contribution is 2.19. The van der Waals surface area contributed by atoms with E-state index >= 15 is 0 Å². The highest BCUT2D eigenvalue weighted by molar-refractivity contribution is 5.24. The molecule has 0 spiro atoms. The first-order valence-electron chi connectivity index (χ1n) is 5.52. The van der Waals surface area contributed by atoms with Gasteiger partial charge in [-0.15, -0.1) is 0 Å². The van der Waals surface area contributed by atoms with Crippen LogP contribution in [0.15, 0.2) is 18.2 Å². The van der Waals surface area contributed by atoms with Gasteiger partial charge in [-0.1, -0.05) is 6.07 Å². The Hall–Kier alpha value is -1.20. The lowest BCUT2D eigenvalue weighted by Crippen LogP contribution is -2.52. The molecule has 1 fully saturated rings. The van der Waals surface area contributed by atoms with E-state index < -0.39 is 11.6 Å². The highest BCUT2D eigenvalue weighted by atomic mass is 19.2. The van der Waals surface area contributed by atoms with Crippen LogP contribution in [0.4, 0.5) is 8.78 Å². The van der Waals surface area contributed by atoms with Crippen LogP contribution in [-0.2, 0) is 4.74 Å². The Morgan fingerprint density at radius 2 is 2.12 bits per heavy atom. The van der Waals surface area contributed by atoms with Crippen molar-refractivity contribution in [1.29, 1.82) is 0 Å². The van der Waals surface area contributed by atoms with Crippen LogP contribution in [0.5, 0.6) is 5.75 Å². The molecule has 5 heteroatoms. The van der Waals surface area contributed by atoms with Crippen LogP contribution < -0.4 is 4.74 Å². The van der Waals surface area contributed by atoms with E-state index in [2.05, 4.69) is 4.90 Å². The summed E-state index contributed by atoms with van der Waals surface area (Å²) in [6.45, 7) is 2.77. The standard InChI is InChI=1S/C12H15F2NO2/c1-16-9-7-15(8-9)5-6-17-11-4-2-3-10(13)12(11)14/h2-4,9H,5-8H2,1H3. The lowest BCUT2D eigenvalue weighted by molar-refractivity contribution is -0.0335. The Morgan fingerprint density at radius 3 is 2.82 bits per heavy atom. The van der Waals surface area contributed by atoms with Crippen molar-refractivity contribution in [2.75, 3.05) is 33.4 Å². The predicted molar refractivity (Wildman–Crippen MR) is 59.1 cm³/mol. The van der Waals surface area contributed by atoms with Crippen molar-refractivity contribution in [2.24, 2.45) is 0 Å². The SMILES string of the molecule is COC1CN(CCOc2cccc(F)c2F)C1. The van der Waals surface area contributed by atoms with Crippen LogP contribution in [0, 0.1) is 11.6 Å². The van der Waals surface area contributed by atoms with Gasteiger partial charge in [-0.3, -0.25) is 4.90 Å². The van der Waals surface area contributed by atoms with Gasteiger partial charge >= 0.3 is 0 Å². The third kappa shape index (κ3) is 2.92. The average Bonchev–Trinajstić information content (AvgIpc) is 2.27. The number of rotatable bonds is 5. The fraction of sp³-hybridized carbons (Fsp3) is 0.500. The maximum atomic E-state index is 13.2. The van der Waals surface area contributed by atoms with Gasteiger partial charge in [0.15, 0.2) is 11.6 Å². The van der Waals surface area contributed by atoms with E-state index in [0.29, 0.717) is 19.3 Å². The summed E-state index contributed by atoms with van der Waals surface area (Å²) in [5, 5.41) is 0. The third-order valence-electron chi connectivity index (χ3n) is 2.84. The van der Waals surface area contributed by atoms with E-state index in [1.807, 2.05) is 0 Å². The zero-order valence-electron chi connectivity index (χ0n) is 9.66. The molecule has 0 aromatic heterocycles. The molecular weight excluding hydrogens is 228 g/mol. The van der Waals surface area contributed by atoms with Crippen LogP contribution >= 0.6 is 0 Å². The number of nitrogens with zero attached hydrogens (tertiary/aromatic N) is 1. The Labute approximate surface area is 98.9 Å². The minimum Gasteiger partial charge on any atom is -0.489 e. The topological polar surface area (TPSA) is 21.7 Å². The fourth-order valence-corrected chi connectivity index (χ4v) is 1.73. The largest absolute Gasteiger partial charge is 0.489 e. The van der Waals surface area contributed by atoms with E-state index in [-0.39, 0.29) is 5.75 Å². The number of hydrogen-bond donors (Lipinski definition) is 0. The van der Waals surface area contributed by atoms with Gasteiger partial charge in [0.05, 0.1) is 6.10 Å². The van der Waals surface area contributed by atoms with Gasteiger partial charge in [0.1, 0.15) is 6.61 Å². The van der Waals surface area contributed by atoms with E-state index in [0.717, 1.165) is 19.2 Å². The number of halogens is 2. The second-order valence-electron chi connectivity index (χ2n) is 4.02. The Kier molecular flexibility index (Phi) is 3.91. The normalized spacial score (nSPS) is 16.9. The van der Waals surface area contributed by atoms with Crippen LogP contribution in [-0.4, -0.2) is 44.4 Å². The lowest BCUT2D eigenvalue weighted by Gasteiger charge is -2.37. The first-order chi connectivity index (χ1) is 8.20. The van der Waals surface area contributed by atoms with Gasteiger partial charge in [0.2, 0.25) is 5.82 Å². The Bertz CT molecular complexity index is 381. The molecule has 94 valence electrons. The highest BCUT2D eigenvalue weighted by Gasteiger charge is 2.25. The molecule has 3 nitrogen and oxygen atoms in total. The van der Waals surface area contributed by atoms with Crippen molar-refractivity contribution in [2.45, 2.75) is 6.10 Å². The summed E-state index contributed by atoms with van der Waals surface area (Å²) in [7, 11) is 1.68. The van der Waals surface area contributed by atoms with Crippen LogP contribution in [0.3, 0.4) is 0 Å². The van der Waals surface area contributed by atoms with E-state index in [4.69, 9.17) is 9.47 Å². The van der Waals surface area contributed by atoms with Gasteiger partial charge in [-0.25, -0.2) is 4.39 Å². The number of ether oxygens (including phenoxy) is 2. The molecule has 0 radical (unpaired) electrons. The average molecular weight is 243 g/mol. The molecule has 1 aliphatic rings. The molecule has 0 saturated carbocycles. The molecule has 0 bridgehead atoms. The summed E-state index contributed by atoms with van der Waals surface area (Å²) < 4.78 is 36.4. The van der Waals surface area contributed by atoms with Crippen LogP contribution in [0.2, 0.25) is 0 Å². The minimum absolute atomic E-state index is 0.0335. The Balaban J connectivity index is 1.74. The van der Waals surface area contributed by atoms with Gasteiger partial charge in [-0.2, -0.15) is 4.39 Å². The number of methoxy groups -OCH3 is 1. The van der Waals surface area contributed by atoms with E-state index in [9.17, 15) is 8.78 Å². The molecule has 0 N–H and O–H groups in total. The van der Waals surface area contributed by atoms with Crippen molar-refractivity contribution in [3.8, 4) is 5.75 Å². The summed E-state index contributed by atoms with van der Waals surface area (Å²) in [5.74, 6) is -1.84. The predicted octanol–water partition coefficient (Wildman–Crippen LogP) is 1.67. The second kappa shape index (κ2) is 5.42. The molecular formula is C12H15F2NO2. The molecule has 2 rings (SSSR count). The minimum atomic E-state index is -0.925. The van der Waals surface area contributed by atoms with Crippen LogP contribution in [0.1, 0.15) is 0 Å². The molecule has 0 atom stereocenters. The first-order valence-corrected chi connectivity index (χ1v) is 5.52. The number of likely N-dealkylation sites (tertiary alicyclic amines) is 1. The summed E-state index contributed by atoms with van der Waals surface area (Å²) >= 11 is 0. The van der Waals surface area contributed by atoms with Crippen molar-refractivity contribution in [3.63, 3.8) is 0 Å². The smallest absolute Gasteiger partial charge is 0.200 e. The molecule has 1 aliphatic heterocycles. The van der Waals surface area contributed by atoms with Gasteiger partial charge in [-0.05, 0) is 12.1 Å². The molecule has 0 aliphatic carbocycles. The summed E-state index contributed by atoms with van der Waals surface area (Å²) in [5.41, 5.74) is 0. The molecule has 1 aromatic rings. The lowest BCUT2D eigenvalue weighted by atomic mass is 10.2. The van der Waals surface area contributed by atoms with Gasteiger partial charge in [0.25, 0.3) is 0 Å². The fourth-order valence-electron chi connectivity index (χ4n) is 1.73. The zero-order chi connectivity index (χ0) is 12.3. The Morgan fingerprint density at radius 1 is 1.35 bits per heavy atom. The van der Waals surface area contributed by atoms with E-state index in [1.54, 1.807) is 7.11 Å². The maximum absolute atomic E-state index is 13.2. The van der Waals surface area contributed by atoms with Gasteiger partial charge in [0, 0.05) is 26.7 Å². The van der Waals surface area contributed by atoms with E-state index in [1.165, 1.54) is 12.1 Å². The molecule has 1 heterocycles. The quantitative estimate of drug-likeness (QED) is 0.785. The summed E-state index contributed by atoms with van der Waals surface area (Å²) in [6.07, 6.45) is 0.293. The van der Waals surface area contributed by atoms with Crippen molar-refractivity contribution in [1.82, 2.24) is 4.90 Å². The van der Waals surface area contributed by atoms with Gasteiger partial charge < -0.3 is 9.47 Å². The molecule has 0 amide bonds.